The summed E-state index contributed by atoms with van der Waals surface area (Å²) in [5.41, 5.74) is -4.39. The molecule has 0 bridgehead atoms. The van der Waals surface area contributed by atoms with Crippen LogP contribution >= 0.6 is 0 Å². The Morgan fingerprint density at radius 2 is 1.02 bits per heavy atom. The normalized spacial score (nSPS) is 12.9. The molecule has 0 aromatic carbocycles. The van der Waals surface area contributed by atoms with Crippen molar-refractivity contribution in [3.8, 4) is 11.6 Å². The van der Waals surface area contributed by atoms with Crippen LogP contribution in [-0.2, 0) is 45.0 Å². The van der Waals surface area contributed by atoms with E-state index in [2.05, 4.69) is 26.4 Å². The smallest absolute Gasteiger partial charge is 0.343 e. The third-order valence-electron chi connectivity index (χ3n) is 6.31. The van der Waals surface area contributed by atoms with E-state index in [-0.39, 0.29) is 48.5 Å². The van der Waals surface area contributed by atoms with E-state index in [0.29, 0.717) is 23.3 Å². The average molecular weight is 770 g/mol. The summed E-state index contributed by atoms with van der Waals surface area (Å²) in [4.78, 5) is 8.51. The summed E-state index contributed by atoms with van der Waals surface area (Å²) in [5, 5.41) is 6.72. The average Bonchev–Trinajstić information content (AvgIpc) is 3.49. The summed E-state index contributed by atoms with van der Waals surface area (Å²) in [6.45, 7) is 7.48. The van der Waals surface area contributed by atoms with Crippen molar-refractivity contribution >= 4 is 0 Å². The number of hydrogen-bond donors (Lipinski definition) is 0. The maximum Gasteiger partial charge on any atom is 2.00 e. The van der Waals surface area contributed by atoms with Crippen molar-refractivity contribution in [1.82, 2.24) is 29.5 Å². The molecule has 4 aromatic rings. The van der Waals surface area contributed by atoms with Gasteiger partial charge in [-0.3, -0.25) is 20.2 Å². The van der Waals surface area contributed by atoms with Gasteiger partial charge in [-0.2, -0.15) is 39.5 Å². The summed E-state index contributed by atoms with van der Waals surface area (Å²) in [6, 6.07) is 3.76. The second-order valence-electron chi connectivity index (χ2n) is 9.56. The minimum Gasteiger partial charge on any atom is -0.343 e. The molecule has 4 rings (SSSR count). The standard InChI is InChI=1S/C25H19F9N6.Pt/c1-12-10-17(35-20(14(12)3)39-8-6-15(37-39)23(26,27)28)22(4,5)18-11-13(2)19(25(32,33)34)21(36-18)40-9-7-16(38-40)24(29,30)31;/h6-7,10-11H,1-5H3;/q-2;+2. The van der Waals surface area contributed by atoms with Gasteiger partial charge in [-0.25, -0.2) is 0 Å². The maximum absolute atomic E-state index is 14.0. The second-order valence-corrected chi connectivity index (χ2v) is 9.56. The topological polar surface area (TPSA) is 61.4 Å². The molecule has 0 saturated heterocycles. The molecule has 0 fully saturated rings. The molecule has 0 N–H and O–H groups in total. The van der Waals surface area contributed by atoms with Crippen molar-refractivity contribution in [3.05, 3.63) is 81.7 Å². The van der Waals surface area contributed by atoms with Crippen LogP contribution in [0.3, 0.4) is 0 Å². The first kappa shape index (κ1) is 32.3. The van der Waals surface area contributed by atoms with Gasteiger partial charge in [0.2, 0.25) is 0 Å². The van der Waals surface area contributed by atoms with Gasteiger partial charge in [0, 0.05) is 22.4 Å². The molecular weight excluding hydrogens is 750 g/mol. The maximum atomic E-state index is 14.0. The number of halogens is 9. The molecule has 0 atom stereocenters. The van der Waals surface area contributed by atoms with E-state index in [1.165, 1.54) is 0 Å². The third-order valence-corrected chi connectivity index (χ3v) is 6.31. The predicted molar refractivity (Wildman–Crippen MR) is 122 cm³/mol. The molecule has 4 heterocycles. The molecule has 0 radical (unpaired) electrons. The van der Waals surface area contributed by atoms with Crippen molar-refractivity contribution in [2.75, 3.05) is 0 Å². The van der Waals surface area contributed by atoms with E-state index < -0.39 is 46.7 Å². The molecule has 0 amide bonds. The van der Waals surface area contributed by atoms with Gasteiger partial charge in [0.15, 0.2) is 0 Å². The molecule has 16 heteroatoms. The first-order chi connectivity index (χ1) is 18.2. The van der Waals surface area contributed by atoms with Crippen LogP contribution < -0.4 is 0 Å². The fourth-order valence-electron chi connectivity index (χ4n) is 3.93. The second kappa shape index (κ2) is 10.6. The molecule has 222 valence electrons. The summed E-state index contributed by atoms with van der Waals surface area (Å²) in [6.07, 6.45) is -10.2. The van der Waals surface area contributed by atoms with E-state index in [9.17, 15) is 39.5 Å². The zero-order valence-corrected chi connectivity index (χ0v) is 24.0. The Kier molecular flexibility index (Phi) is 8.32. The van der Waals surface area contributed by atoms with Gasteiger partial charge >= 0.3 is 39.6 Å². The van der Waals surface area contributed by atoms with Crippen LogP contribution in [0, 0.1) is 33.2 Å². The Labute approximate surface area is 241 Å². The number of nitrogens with zero attached hydrogens (tertiary/aromatic N) is 6. The van der Waals surface area contributed by atoms with Gasteiger partial charge in [0.25, 0.3) is 0 Å². The fraction of sp³-hybridized carbons (Fsp3) is 0.360. The Morgan fingerprint density at radius 1 is 0.610 bits per heavy atom. The molecule has 6 nitrogen and oxygen atoms in total. The van der Waals surface area contributed by atoms with Crippen molar-refractivity contribution in [3.63, 3.8) is 0 Å². The number of rotatable bonds is 4. The van der Waals surface area contributed by atoms with Gasteiger partial charge < -0.3 is 9.36 Å². The van der Waals surface area contributed by atoms with E-state index in [0.717, 1.165) is 17.7 Å². The molecular formula is C25H19F9N6Pt. The number of aryl methyl sites for hydroxylation is 2. The van der Waals surface area contributed by atoms with Gasteiger partial charge in [-0.15, -0.1) is 12.1 Å². The number of aromatic nitrogens is 6. The molecule has 0 saturated carbocycles. The van der Waals surface area contributed by atoms with Gasteiger partial charge in [0.1, 0.15) is 0 Å². The number of alkyl halides is 9. The number of hydrogen-bond acceptors (Lipinski definition) is 4. The largest absolute Gasteiger partial charge is 2.00 e. The SMILES string of the molecule is Cc1cc(C(C)(C)c2cc(C)c(C(F)(F)F)c(-n3[c-]cc(C(F)(F)F)n3)n2)nc(-n2[c-]cc(C(F)(F)F)n2)c1C.[Pt+2]. The number of pyridine rings is 2. The zero-order chi connectivity index (χ0) is 30.0. The van der Waals surface area contributed by atoms with Crippen LogP contribution in [0.15, 0.2) is 24.3 Å². The fourth-order valence-corrected chi connectivity index (χ4v) is 3.93. The van der Waals surface area contributed by atoms with E-state index in [1.54, 1.807) is 33.8 Å². The molecule has 0 aliphatic rings. The minimum absolute atomic E-state index is 0. The Morgan fingerprint density at radius 3 is 1.44 bits per heavy atom. The first-order valence-corrected chi connectivity index (χ1v) is 11.4. The summed E-state index contributed by atoms with van der Waals surface area (Å²) in [5.74, 6) is -0.928. The van der Waals surface area contributed by atoms with Gasteiger partial charge in [0.05, 0.1) is 23.0 Å². The van der Waals surface area contributed by atoms with Crippen molar-refractivity contribution in [1.29, 1.82) is 0 Å². The minimum atomic E-state index is -4.99. The van der Waals surface area contributed by atoms with Crippen LogP contribution in [0.1, 0.15) is 58.9 Å². The molecule has 0 aliphatic carbocycles. The van der Waals surface area contributed by atoms with E-state index >= 15 is 0 Å². The Bertz CT molecular complexity index is 1580. The van der Waals surface area contributed by atoms with Crippen molar-refractivity contribution in [2.24, 2.45) is 0 Å². The van der Waals surface area contributed by atoms with Crippen LogP contribution in [-0.4, -0.2) is 29.5 Å². The monoisotopic (exact) mass is 769 g/mol. The zero-order valence-electron chi connectivity index (χ0n) is 21.7. The molecule has 4 aromatic heterocycles. The summed E-state index contributed by atoms with van der Waals surface area (Å²) in [7, 11) is 0. The van der Waals surface area contributed by atoms with Crippen LogP contribution in [0.2, 0.25) is 0 Å². The van der Waals surface area contributed by atoms with Gasteiger partial charge in [-0.05, 0) is 52.3 Å². The quantitative estimate of drug-likeness (QED) is 0.170. The van der Waals surface area contributed by atoms with Crippen LogP contribution in [0.5, 0.6) is 0 Å². The third kappa shape index (κ3) is 6.19. The Balaban J connectivity index is 0.00000462. The van der Waals surface area contributed by atoms with Gasteiger partial charge in [-0.1, -0.05) is 23.5 Å². The molecule has 41 heavy (non-hydrogen) atoms. The Hall–Kier alpha value is -3.22. The van der Waals surface area contributed by atoms with Crippen LogP contribution in [0.25, 0.3) is 11.6 Å². The van der Waals surface area contributed by atoms with Crippen LogP contribution in [0.4, 0.5) is 39.5 Å². The molecule has 0 aliphatic heterocycles. The van der Waals surface area contributed by atoms with Crippen molar-refractivity contribution < 1.29 is 60.6 Å². The first-order valence-electron chi connectivity index (χ1n) is 11.4. The summed E-state index contributed by atoms with van der Waals surface area (Å²) < 4.78 is 122. The summed E-state index contributed by atoms with van der Waals surface area (Å²) >= 11 is 0. The van der Waals surface area contributed by atoms with E-state index in [1.807, 2.05) is 6.20 Å². The predicted octanol–water partition coefficient (Wildman–Crippen LogP) is 6.75. The molecule has 0 spiro atoms. The molecule has 0 unspecified atom stereocenters. The van der Waals surface area contributed by atoms with E-state index in [4.69, 9.17) is 0 Å². The van der Waals surface area contributed by atoms with Crippen molar-refractivity contribution in [2.45, 2.75) is 58.6 Å².